The van der Waals surface area contributed by atoms with Crippen LogP contribution in [0.2, 0.25) is 0 Å². The largest absolute Gasteiger partial charge is 0.313 e. The molecule has 2 N–H and O–H groups in total. The summed E-state index contributed by atoms with van der Waals surface area (Å²) in [5, 5.41) is 7.24. The van der Waals surface area contributed by atoms with Gasteiger partial charge in [0.15, 0.2) is 0 Å². The summed E-state index contributed by atoms with van der Waals surface area (Å²) in [6.45, 7) is 9.22. The van der Waals surface area contributed by atoms with Crippen LogP contribution in [0, 0.1) is 5.92 Å². The molecule has 0 radical (unpaired) electrons. The predicted molar refractivity (Wildman–Crippen MR) is 71.8 cm³/mol. The van der Waals surface area contributed by atoms with Crippen molar-refractivity contribution in [1.82, 2.24) is 10.6 Å². The highest BCUT2D eigenvalue weighted by Gasteiger charge is 2.20. The lowest BCUT2D eigenvalue weighted by molar-refractivity contribution is 0.387. The van der Waals surface area contributed by atoms with E-state index in [-0.39, 0.29) is 0 Å². The van der Waals surface area contributed by atoms with Crippen LogP contribution in [0.3, 0.4) is 0 Å². The van der Waals surface area contributed by atoms with Crippen LogP contribution in [0.1, 0.15) is 59.3 Å². The van der Waals surface area contributed by atoms with Crippen molar-refractivity contribution in [3.63, 3.8) is 0 Å². The molecule has 1 aliphatic carbocycles. The molecular weight excluding hydrogens is 196 g/mol. The van der Waals surface area contributed by atoms with Gasteiger partial charge in [-0.2, -0.15) is 0 Å². The first-order valence-corrected chi connectivity index (χ1v) is 7.23. The third kappa shape index (κ3) is 6.49. The molecule has 1 saturated carbocycles. The minimum atomic E-state index is 0.622. The summed E-state index contributed by atoms with van der Waals surface area (Å²) in [4.78, 5) is 0. The van der Waals surface area contributed by atoms with E-state index in [0.29, 0.717) is 6.04 Å². The average Bonchev–Trinajstić information content (AvgIpc) is 3.10. The van der Waals surface area contributed by atoms with Crippen molar-refractivity contribution in [2.45, 2.75) is 71.4 Å². The van der Waals surface area contributed by atoms with Crippen molar-refractivity contribution in [2.24, 2.45) is 5.92 Å². The second-order valence-electron chi connectivity index (χ2n) is 5.41. The van der Waals surface area contributed by atoms with Gasteiger partial charge in [0.25, 0.3) is 0 Å². The van der Waals surface area contributed by atoms with Gasteiger partial charge in [0.1, 0.15) is 0 Å². The summed E-state index contributed by atoms with van der Waals surface area (Å²) in [6.07, 6.45) is 8.20. The number of unbranched alkanes of at least 4 members (excludes halogenated alkanes) is 1. The van der Waals surface area contributed by atoms with Crippen LogP contribution < -0.4 is 10.6 Å². The monoisotopic (exact) mass is 226 g/mol. The first-order valence-electron chi connectivity index (χ1n) is 7.23. The van der Waals surface area contributed by atoms with E-state index in [1.165, 1.54) is 45.1 Å². The Balaban J connectivity index is 2.00. The fraction of sp³-hybridized carbons (Fsp3) is 1.00. The molecule has 1 aliphatic rings. The van der Waals surface area contributed by atoms with Crippen molar-refractivity contribution in [3.05, 3.63) is 0 Å². The van der Waals surface area contributed by atoms with Crippen LogP contribution in [0.4, 0.5) is 0 Å². The van der Waals surface area contributed by atoms with Crippen LogP contribution in [0.5, 0.6) is 0 Å². The third-order valence-electron chi connectivity index (χ3n) is 3.59. The fourth-order valence-corrected chi connectivity index (χ4v) is 2.01. The molecule has 0 spiro atoms. The number of hydrogen-bond acceptors (Lipinski definition) is 2. The first-order chi connectivity index (χ1) is 7.76. The number of rotatable bonds is 10. The Morgan fingerprint density at radius 3 is 2.50 bits per heavy atom. The Labute approximate surface area is 102 Å². The highest BCUT2D eigenvalue weighted by Crippen LogP contribution is 2.18. The van der Waals surface area contributed by atoms with Crippen molar-refractivity contribution >= 4 is 0 Å². The summed E-state index contributed by atoms with van der Waals surface area (Å²) in [7, 11) is 0. The summed E-state index contributed by atoms with van der Waals surface area (Å²) in [6, 6.07) is 1.46. The van der Waals surface area contributed by atoms with Gasteiger partial charge in [-0.05, 0) is 38.6 Å². The maximum Gasteiger partial charge on any atom is 0.0164 e. The predicted octanol–water partition coefficient (Wildman–Crippen LogP) is 2.93. The van der Waals surface area contributed by atoms with Gasteiger partial charge in [-0.15, -0.1) is 0 Å². The minimum Gasteiger partial charge on any atom is -0.313 e. The summed E-state index contributed by atoms with van der Waals surface area (Å²) >= 11 is 0. The highest BCUT2D eigenvalue weighted by atomic mass is 15.0. The second-order valence-corrected chi connectivity index (χ2v) is 5.41. The van der Waals surface area contributed by atoms with Crippen LogP contribution in [-0.2, 0) is 0 Å². The lowest BCUT2D eigenvalue weighted by atomic mass is 9.99. The molecule has 2 unspecified atom stereocenters. The molecule has 1 rings (SSSR count). The van der Waals surface area contributed by atoms with Crippen LogP contribution in [-0.4, -0.2) is 25.2 Å². The molecular formula is C14H30N2. The maximum absolute atomic E-state index is 3.66. The lowest BCUT2D eigenvalue weighted by Gasteiger charge is -2.20. The molecule has 1 fully saturated rings. The van der Waals surface area contributed by atoms with E-state index in [1.807, 2.05) is 0 Å². The van der Waals surface area contributed by atoms with E-state index in [1.54, 1.807) is 0 Å². The fourth-order valence-electron chi connectivity index (χ4n) is 2.01. The Morgan fingerprint density at radius 1 is 1.19 bits per heavy atom. The SMILES string of the molecule is CCCCC(CC)CNC(C)CNC1CC1. The molecule has 2 heteroatoms. The Hall–Kier alpha value is -0.0800. The van der Waals surface area contributed by atoms with Crippen LogP contribution in [0.15, 0.2) is 0 Å². The summed E-state index contributed by atoms with van der Waals surface area (Å²) < 4.78 is 0. The Morgan fingerprint density at radius 2 is 1.94 bits per heavy atom. The molecule has 0 aromatic rings. The second kappa shape index (κ2) is 8.08. The van der Waals surface area contributed by atoms with Gasteiger partial charge < -0.3 is 10.6 Å². The number of nitrogens with one attached hydrogen (secondary N) is 2. The van der Waals surface area contributed by atoms with E-state index in [4.69, 9.17) is 0 Å². The molecule has 0 saturated heterocycles. The molecule has 0 aliphatic heterocycles. The van der Waals surface area contributed by atoms with Crippen molar-refractivity contribution in [3.8, 4) is 0 Å². The molecule has 0 aromatic heterocycles. The summed E-state index contributed by atoms with van der Waals surface area (Å²) in [5.41, 5.74) is 0. The van der Waals surface area contributed by atoms with Gasteiger partial charge in [-0.25, -0.2) is 0 Å². The van der Waals surface area contributed by atoms with E-state index >= 15 is 0 Å². The highest BCUT2D eigenvalue weighted by molar-refractivity contribution is 4.82. The zero-order chi connectivity index (χ0) is 11.8. The van der Waals surface area contributed by atoms with Crippen LogP contribution >= 0.6 is 0 Å². The Bertz CT molecular complexity index is 166. The molecule has 0 heterocycles. The van der Waals surface area contributed by atoms with E-state index in [0.717, 1.165) is 18.5 Å². The van der Waals surface area contributed by atoms with Gasteiger partial charge in [0.05, 0.1) is 0 Å². The normalized spacial score (nSPS) is 19.7. The molecule has 96 valence electrons. The van der Waals surface area contributed by atoms with Crippen molar-refractivity contribution < 1.29 is 0 Å². The zero-order valence-electron chi connectivity index (χ0n) is 11.4. The molecule has 0 aromatic carbocycles. The molecule has 0 amide bonds. The van der Waals surface area contributed by atoms with E-state index in [9.17, 15) is 0 Å². The molecule has 0 bridgehead atoms. The smallest absolute Gasteiger partial charge is 0.0164 e. The minimum absolute atomic E-state index is 0.622. The molecule has 16 heavy (non-hydrogen) atoms. The van der Waals surface area contributed by atoms with Gasteiger partial charge in [0, 0.05) is 18.6 Å². The first kappa shape index (κ1) is 14.0. The van der Waals surface area contributed by atoms with E-state index < -0.39 is 0 Å². The van der Waals surface area contributed by atoms with E-state index in [2.05, 4.69) is 31.4 Å². The zero-order valence-corrected chi connectivity index (χ0v) is 11.4. The van der Waals surface area contributed by atoms with Gasteiger partial charge in [-0.3, -0.25) is 0 Å². The molecule has 2 nitrogen and oxygen atoms in total. The van der Waals surface area contributed by atoms with Gasteiger partial charge in [-0.1, -0.05) is 33.1 Å². The van der Waals surface area contributed by atoms with Crippen LogP contribution in [0.25, 0.3) is 0 Å². The molecule has 2 atom stereocenters. The standard InChI is InChI=1S/C14H30N2/c1-4-6-7-13(5-2)11-15-12(3)10-16-14-8-9-14/h12-16H,4-11H2,1-3H3. The number of hydrogen-bond donors (Lipinski definition) is 2. The topological polar surface area (TPSA) is 24.1 Å². The summed E-state index contributed by atoms with van der Waals surface area (Å²) in [5.74, 6) is 0.878. The maximum atomic E-state index is 3.66. The Kier molecular flexibility index (Phi) is 7.06. The van der Waals surface area contributed by atoms with Crippen molar-refractivity contribution in [1.29, 1.82) is 0 Å². The lowest BCUT2D eigenvalue weighted by Crippen LogP contribution is -2.39. The van der Waals surface area contributed by atoms with Gasteiger partial charge in [0.2, 0.25) is 0 Å². The quantitative estimate of drug-likeness (QED) is 0.598. The van der Waals surface area contributed by atoms with Crippen molar-refractivity contribution in [2.75, 3.05) is 13.1 Å². The third-order valence-corrected chi connectivity index (χ3v) is 3.59. The average molecular weight is 226 g/mol. The van der Waals surface area contributed by atoms with Gasteiger partial charge >= 0.3 is 0 Å².